The van der Waals surface area contributed by atoms with Crippen LogP contribution in [0, 0.1) is 5.92 Å². The van der Waals surface area contributed by atoms with Gasteiger partial charge in [-0.15, -0.1) is 0 Å². The number of piperidine rings is 1. The Hall–Kier alpha value is -1.66. The predicted molar refractivity (Wildman–Crippen MR) is 80.8 cm³/mol. The number of carbonyl (C=O) groups is 2. The van der Waals surface area contributed by atoms with Crippen molar-refractivity contribution in [3.63, 3.8) is 0 Å². The van der Waals surface area contributed by atoms with E-state index < -0.39 is 0 Å². The van der Waals surface area contributed by atoms with Gasteiger partial charge in [0.25, 0.3) is 0 Å². The number of aromatic nitrogens is 1. The molecule has 1 aliphatic heterocycles. The van der Waals surface area contributed by atoms with Gasteiger partial charge in [-0.25, -0.2) is 4.98 Å². The van der Waals surface area contributed by atoms with Gasteiger partial charge in [-0.2, -0.15) is 0 Å². The Morgan fingerprint density at radius 3 is 2.62 bits per heavy atom. The number of nitrogens with zero attached hydrogens (tertiary/aromatic N) is 2. The molecule has 7 heteroatoms. The van der Waals surface area contributed by atoms with Crippen LogP contribution in [0.3, 0.4) is 0 Å². The maximum atomic E-state index is 12.2. The topological polar surface area (TPSA) is 88.3 Å². The Labute approximate surface area is 128 Å². The Morgan fingerprint density at radius 2 is 2.10 bits per heavy atom. The lowest BCUT2D eigenvalue weighted by molar-refractivity contribution is -0.124. The molecule has 1 aromatic heterocycles. The van der Waals surface area contributed by atoms with Crippen molar-refractivity contribution in [2.45, 2.75) is 25.8 Å². The molecule has 114 valence electrons. The molecule has 0 aliphatic carbocycles. The summed E-state index contributed by atoms with van der Waals surface area (Å²) in [5.74, 6) is 0.0515. The zero-order valence-corrected chi connectivity index (χ0v) is 12.6. The van der Waals surface area contributed by atoms with E-state index in [-0.39, 0.29) is 23.8 Å². The van der Waals surface area contributed by atoms with Gasteiger partial charge in [0.05, 0.1) is 11.1 Å². The molecular formula is C14H19ClN4O2. The largest absolute Gasteiger partial charge is 0.368 e. The van der Waals surface area contributed by atoms with E-state index in [0.29, 0.717) is 36.8 Å². The van der Waals surface area contributed by atoms with E-state index >= 15 is 0 Å². The minimum absolute atomic E-state index is 0.0452. The number of nitrogens with one attached hydrogen (secondary N) is 1. The molecule has 2 heterocycles. The van der Waals surface area contributed by atoms with Crippen molar-refractivity contribution < 1.29 is 9.59 Å². The third-order valence-electron chi connectivity index (χ3n) is 3.84. The molecule has 1 fully saturated rings. The molecule has 1 aliphatic rings. The van der Waals surface area contributed by atoms with Gasteiger partial charge in [0, 0.05) is 12.1 Å². The minimum Gasteiger partial charge on any atom is -0.368 e. The van der Waals surface area contributed by atoms with E-state index in [4.69, 9.17) is 17.3 Å². The average molecular weight is 311 g/mol. The highest BCUT2D eigenvalue weighted by molar-refractivity contribution is 6.30. The summed E-state index contributed by atoms with van der Waals surface area (Å²) >= 11 is 5.75. The SMILES string of the molecule is CC(C(N)=O)N1CCC(C(=O)Nc2ccc(Cl)cn2)CC1. The molecule has 2 amide bonds. The normalized spacial score (nSPS) is 18.2. The van der Waals surface area contributed by atoms with Crippen LogP contribution in [0.5, 0.6) is 0 Å². The average Bonchev–Trinajstić information content (AvgIpc) is 2.49. The standard InChI is InChI=1S/C14H19ClN4O2/c1-9(13(16)20)19-6-4-10(5-7-19)14(21)18-12-3-2-11(15)8-17-12/h2-3,8-10H,4-7H2,1H3,(H2,16,20)(H,17,18,21). The summed E-state index contributed by atoms with van der Waals surface area (Å²) in [6, 6.07) is 3.07. The highest BCUT2D eigenvalue weighted by Gasteiger charge is 2.28. The van der Waals surface area contributed by atoms with Crippen LogP contribution in [0.1, 0.15) is 19.8 Å². The van der Waals surface area contributed by atoms with E-state index in [0.717, 1.165) is 0 Å². The number of primary amides is 1. The smallest absolute Gasteiger partial charge is 0.234 e. The second kappa shape index (κ2) is 6.87. The van der Waals surface area contributed by atoms with E-state index in [1.54, 1.807) is 19.1 Å². The minimum atomic E-state index is -0.330. The summed E-state index contributed by atoms with van der Waals surface area (Å²) in [5, 5.41) is 3.32. The molecule has 3 N–H and O–H groups in total. The predicted octanol–water partition coefficient (Wildman–Crippen LogP) is 1.26. The molecule has 0 spiro atoms. The number of halogens is 1. The van der Waals surface area contributed by atoms with Gasteiger partial charge in [0.1, 0.15) is 5.82 Å². The number of likely N-dealkylation sites (tertiary alicyclic amines) is 1. The Bertz CT molecular complexity index is 512. The summed E-state index contributed by atoms with van der Waals surface area (Å²) in [7, 11) is 0. The molecule has 0 aromatic carbocycles. The fraction of sp³-hybridized carbons (Fsp3) is 0.500. The third-order valence-corrected chi connectivity index (χ3v) is 4.06. The number of pyridine rings is 1. The highest BCUT2D eigenvalue weighted by Crippen LogP contribution is 2.20. The first-order chi connectivity index (χ1) is 9.97. The Balaban J connectivity index is 1.85. The van der Waals surface area contributed by atoms with Crippen molar-refractivity contribution in [3.8, 4) is 0 Å². The number of amides is 2. The van der Waals surface area contributed by atoms with E-state index in [9.17, 15) is 9.59 Å². The molecule has 1 unspecified atom stereocenters. The molecular weight excluding hydrogens is 292 g/mol. The van der Waals surface area contributed by atoms with Crippen molar-refractivity contribution in [3.05, 3.63) is 23.4 Å². The van der Waals surface area contributed by atoms with Crippen LogP contribution in [0.25, 0.3) is 0 Å². The lowest BCUT2D eigenvalue weighted by Crippen LogP contribution is -2.47. The number of rotatable bonds is 4. The Kier molecular flexibility index (Phi) is 5.14. The van der Waals surface area contributed by atoms with Crippen LogP contribution in [-0.2, 0) is 9.59 Å². The van der Waals surface area contributed by atoms with Gasteiger partial charge in [-0.3, -0.25) is 14.5 Å². The van der Waals surface area contributed by atoms with Gasteiger partial charge >= 0.3 is 0 Å². The molecule has 1 aromatic rings. The van der Waals surface area contributed by atoms with Crippen LogP contribution in [0.15, 0.2) is 18.3 Å². The fourth-order valence-corrected chi connectivity index (χ4v) is 2.52. The van der Waals surface area contributed by atoms with E-state index in [1.807, 2.05) is 4.90 Å². The number of hydrogen-bond donors (Lipinski definition) is 2. The van der Waals surface area contributed by atoms with Gasteiger partial charge < -0.3 is 11.1 Å². The molecule has 0 saturated carbocycles. The summed E-state index contributed by atoms with van der Waals surface area (Å²) in [6.07, 6.45) is 2.91. The van der Waals surface area contributed by atoms with Gasteiger partial charge in [0.15, 0.2) is 0 Å². The van der Waals surface area contributed by atoms with Crippen molar-refractivity contribution in [2.24, 2.45) is 11.7 Å². The van der Waals surface area contributed by atoms with Crippen molar-refractivity contribution in [1.82, 2.24) is 9.88 Å². The monoisotopic (exact) mass is 310 g/mol. The van der Waals surface area contributed by atoms with Crippen molar-refractivity contribution >= 4 is 29.2 Å². The molecule has 6 nitrogen and oxygen atoms in total. The fourth-order valence-electron chi connectivity index (χ4n) is 2.41. The number of hydrogen-bond acceptors (Lipinski definition) is 4. The summed E-state index contributed by atoms with van der Waals surface area (Å²) in [4.78, 5) is 29.4. The van der Waals surface area contributed by atoms with Gasteiger partial charge in [0.2, 0.25) is 11.8 Å². The van der Waals surface area contributed by atoms with E-state index in [1.165, 1.54) is 6.20 Å². The molecule has 0 radical (unpaired) electrons. The Morgan fingerprint density at radius 1 is 1.43 bits per heavy atom. The summed E-state index contributed by atoms with van der Waals surface area (Å²) in [5.41, 5.74) is 5.30. The lowest BCUT2D eigenvalue weighted by atomic mass is 9.95. The first-order valence-electron chi connectivity index (χ1n) is 6.93. The van der Waals surface area contributed by atoms with Gasteiger partial charge in [-0.1, -0.05) is 11.6 Å². The lowest BCUT2D eigenvalue weighted by Gasteiger charge is -2.33. The maximum absolute atomic E-state index is 12.2. The van der Waals surface area contributed by atoms with Crippen LogP contribution in [-0.4, -0.2) is 40.8 Å². The van der Waals surface area contributed by atoms with Crippen molar-refractivity contribution in [2.75, 3.05) is 18.4 Å². The summed E-state index contributed by atoms with van der Waals surface area (Å²) in [6.45, 7) is 3.17. The highest BCUT2D eigenvalue weighted by atomic mass is 35.5. The molecule has 1 saturated heterocycles. The molecule has 1 atom stereocenters. The van der Waals surface area contributed by atoms with Gasteiger partial charge in [-0.05, 0) is 45.0 Å². The zero-order valence-electron chi connectivity index (χ0n) is 11.9. The molecule has 21 heavy (non-hydrogen) atoms. The van der Waals surface area contributed by atoms with Crippen LogP contribution in [0.2, 0.25) is 5.02 Å². The second-order valence-electron chi connectivity index (χ2n) is 5.24. The maximum Gasteiger partial charge on any atom is 0.234 e. The molecule has 2 rings (SSSR count). The second-order valence-corrected chi connectivity index (χ2v) is 5.68. The quantitative estimate of drug-likeness (QED) is 0.876. The first kappa shape index (κ1) is 15.7. The zero-order chi connectivity index (χ0) is 15.4. The van der Waals surface area contributed by atoms with Crippen LogP contribution >= 0.6 is 11.6 Å². The third kappa shape index (κ3) is 4.15. The molecule has 0 bridgehead atoms. The number of carbonyl (C=O) groups excluding carboxylic acids is 2. The van der Waals surface area contributed by atoms with Crippen molar-refractivity contribution in [1.29, 1.82) is 0 Å². The van der Waals surface area contributed by atoms with Crippen LogP contribution in [0.4, 0.5) is 5.82 Å². The number of nitrogens with two attached hydrogens (primary N) is 1. The first-order valence-corrected chi connectivity index (χ1v) is 7.31. The van der Waals surface area contributed by atoms with E-state index in [2.05, 4.69) is 10.3 Å². The number of anilines is 1. The van der Waals surface area contributed by atoms with Crippen LogP contribution < -0.4 is 11.1 Å². The summed E-state index contributed by atoms with van der Waals surface area (Å²) < 4.78 is 0.